The van der Waals surface area contributed by atoms with E-state index in [1.807, 2.05) is 30.3 Å². The van der Waals surface area contributed by atoms with Crippen molar-refractivity contribution < 1.29 is 18.0 Å². The van der Waals surface area contributed by atoms with Gasteiger partial charge in [0.15, 0.2) is 9.84 Å². The van der Waals surface area contributed by atoms with Crippen LogP contribution in [0.4, 0.5) is 0 Å². The first-order chi connectivity index (χ1) is 11.8. The summed E-state index contributed by atoms with van der Waals surface area (Å²) in [6, 6.07) is 15.1. The van der Waals surface area contributed by atoms with Crippen molar-refractivity contribution in [3.8, 4) is 0 Å². The van der Waals surface area contributed by atoms with Crippen molar-refractivity contribution >= 4 is 21.7 Å². The zero-order valence-corrected chi connectivity index (χ0v) is 14.5. The van der Waals surface area contributed by atoms with E-state index in [2.05, 4.69) is 10.9 Å². The molecule has 0 bridgehead atoms. The molecule has 0 heterocycles. The fourth-order valence-electron chi connectivity index (χ4n) is 2.70. The molecule has 0 unspecified atom stereocenters. The van der Waals surface area contributed by atoms with Crippen molar-refractivity contribution in [3.63, 3.8) is 0 Å². The molecule has 2 aromatic carbocycles. The highest BCUT2D eigenvalue weighted by Crippen LogP contribution is 2.48. The van der Waals surface area contributed by atoms with Crippen LogP contribution in [0.1, 0.15) is 28.8 Å². The molecule has 0 aromatic heterocycles. The Morgan fingerprint density at radius 3 is 2.24 bits per heavy atom. The van der Waals surface area contributed by atoms with Crippen LogP contribution in [-0.2, 0) is 20.0 Å². The summed E-state index contributed by atoms with van der Waals surface area (Å²) < 4.78 is 23.1. The van der Waals surface area contributed by atoms with E-state index in [4.69, 9.17) is 0 Å². The third-order valence-corrected chi connectivity index (χ3v) is 5.44. The summed E-state index contributed by atoms with van der Waals surface area (Å²) in [7, 11) is -3.41. The summed E-state index contributed by atoms with van der Waals surface area (Å²) in [4.78, 5) is 24.7. The van der Waals surface area contributed by atoms with Crippen molar-refractivity contribution in [2.45, 2.75) is 23.2 Å². The first-order valence-electron chi connectivity index (χ1n) is 7.79. The summed E-state index contributed by atoms with van der Waals surface area (Å²) in [5.41, 5.74) is 5.30. The third-order valence-electron chi connectivity index (χ3n) is 4.32. The number of rotatable bonds is 4. The van der Waals surface area contributed by atoms with Gasteiger partial charge in [-0.1, -0.05) is 36.4 Å². The zero-order chi connectivity index (χ0) is 18.1. The first kappa shape index (κ1) is 17.2. The van der Waals surface area contributed by atoms with E-state index in [9.17, 15) is 18.0 Å². The summed E-state index contributed by atoms with van der Waals surface area (Å²) in [5, 5.41) is 0. The lowest BCUT2D eigenvalue weighted by molar-refractivity contribution is -0.124. The van der Waals surface area contributed by atoms with Gasteiger partial charge in [-0.05, 0) is 36.6 Å². The maximum Gasteiger partial charge on any atom is 0.269 e. The number of sulfone groups is 1. The van der Waals surface area contributed by atoms with Crippen molar-refractivity contribution in [3.05, 3.63) is 65.7 Å². The molecule has 0 saturated heterocycles. The Hall–Kier alpha value is -2.67. The molecule has 2 aromatic rings. The van der Waals surface area contributed by atoms with Crippen LogP contribution < -0.4 is 10.9 Å². The second-order valence-electron chi connectivity index (χ2n) is 6.16. The van der Waals surface area contributed by atoms with Crippen LogP contribution >= 0.6 is 0 Å². The molecule has 0 radical (unpaired) electrons. The average Bonchev–Trinajstić information content (AvgIpc) is 3.41. The largest absolute Gasteiger partial charge is 0.272 e. The third kappa shape index (κ3) is 3.56. The van der Waals surface area contributed by atoms with Crippen molar-refractivity contribution in [2.24, 2.45) is 0 Å². The Balaban J connectivity index is 1.68. The minimum atomic E-state index is -3.41. The molecule has 2 N–H and O–H groups in total. The zero-order valence-electron chi connectivity index (χ0n) is 13.7. The monoisotopic (exact) mass is 358 g/mol. The van der Waals surface area contributed by atoms with E-state index in [-0.39, 0.29) is 16.4 Å². The van der Waals surface area contributed by atoms with Gasteiger partial charge in [0.25, 0.3) is 5.91 Å². The van der Waals surface area contributed by atoms with E-state index in [0.717, 1.165) is 24.7 Å². The van der Waals surface area contributed by atoms with Crippen molar-refractivity contribution in [2.75, 3.05) is 6.26 Å². The molecule has 0 spiro atoms. The molecule has 0 atom stereocenters. The number of carbonyl (C=O) groups is 2. The number of carbonyl (C=O) groups excluding carboxylic acids is 2. The van der Waals surface area contributed by atoms with Crippen LogP contribution in [0.3, 0.4) is 0 Å². The molecular weight excluding hydrogens is 340 g/mol. The highest BCUT2D eigenvalue weighted by Gasteiger charge is 2.51. The van der Waals surface area contributed by atoms with Gasteiger partial charge in [0.05, 0.1) is 10.3 Å². The van der Waals surface area contributed by atoms with Crippen LogP contribution in [0, 0.1) is 0 Å². The van der Waals surface area contributed by atoms with Gasteiger partial charge in [-0.15, -0.1) is 0 Å². The molecule has 2 amide bonds. The molecular formula is C18H18N2O4S. The fourth-order valence-corrected chi connectivity index (χ4v) is 3.37. The van der Waals surface area contributed by atoms with Crippen LogP contribution in [0.2, 0.25) is 0 Å². The number of nitrogens with one attached hydrogen (secondary N) is 2. The van der Waals surface area contributed by atoms with Crippen LogP contribution in [-0.4, -0.2) is 26.5 Å². The minimum absolute atomic E-state index is 0.0504. The molecule has 25 heavy (non-hydrogen) atoms. The lowest BCUT2D eigenvalue weighted by atomic mass is 9.95. The predicted molar refractivity (Wildman–Crippen MR) is 92.5 cm³/mol. The van der Waals surface area contributed by atoms with Crippen LogP contribution in [0.15, 0.2) is 59.5 Å². The predicted octanol–water partition coefficient (Wildman–Crippen LogP) is 1.58. The summed E-state index contributed by atoms with van der Waals surface area (Å²) >= 11 is 0. The van der Waals surface area contributed by atoms with Crippen LogP contribution in [0.5, 0.6) is 0 Å². The molecule has 130 valence electrons. The Morgan fingerprint density at radius 2 is 1.64 bits per heavy atom. The topological polar surface area (TPSA) is 92.3 Å². The summed E-state index contributed by atoms with van der Waals surface area (Å²) in [6.45, 7) is 0. The van der Waals surface area contributed by atoms with E-state index >= 15 is 0 Å². The van der Waals surface area contributed by atoms with Gasteiger partial charge in [-0.25, -0.2) is 8.42 Å². The number of hydrogen-bond donors (Lipinski definition) is 2. The Kier molecular flexibility index (Phi) is 4.34. The van der Waals surface area contributed by atoms with E-state index in [1.54, 1.807) is 0 Å². The van der Waals surface area contributed by atoms with Crippen molar-refractivity contribution in [1.82, 2.24) is 10.9 Å². The van der Waals surface area contributed by atoms with Gasteiger partial charge in [0.1, 0.15) is 0 Å². The molecule has 1 saturated carbocycles. The number of benzene rings is 2. The normalized spacial score (nSPS) is 15.2. The maximum absolute atomic E-state index is 12.5. The van der Waals surface area contributed by atoms with Crippen molar-refractivity contribution in [1.29, 1.82) is 0 Å². The molecule has 1 aliphatic carbocycles. The first-order valence-corrected chi connectivity index (χ1v) is 9.68. The number of hydrazine groups is 1. The Bertz CT molecular complexity index is 919. The molecule has 3 rings (SSSR count). The smallest absolute Gasteiger partial charge is 0.269 e. The molecule has 0 aliphatic heterocycles. The van der Waals surface area contributed by atoms with E-state index < -0.39 is 21.2 Å². The second-order valence-corrected chi connectivity index (χ2v) is 8.17. The molecule has 6 nitrogen and oxygen atoms in total. The highest BCUT2D eigenvalue weighted by atomic mass is 32.2. The maximum atomic E-state index is 12.5. The van der Waals surface area contributed by atoms with Gasteiger partial charge in [0, 0.05) is 11.8 Å². The second kappa shape index (κ2) is 6.33. The fraction of sp³-hybridized carbons (Fsp3) is 0.222. The lowest BCUT2D eigenvalue weighted by Crippen LogP contribution is -2.46. The van der Waals surface area contributed by atoms with E-state index in [1.165, 1.54) is 24.3 Å². The number of hydrogen-bond acceptors (Lipinski definition) is 4. The van der Waals surface area contributed by atoms with Gasteiger partial charge in [0.2, 0.25) is 5.91 Å². The van der Waals surface area contributed by atoms with Gasteiger partial charge in [-0.3, -0.25) is 20.4 Å². The Labute approximate surface area is 146 Å². The lowest BCUT2D eigenvalue weighted by Gasteiger charge is -2.16. The molecule has 7 heteroatoms. The Morgan fingerprint density at radius 1 is 0.960 bits per heavy atom. The summed E-state index contributed by atoms with van der Waals surface area (Å²) in [5.74, 6) is -0.839. The van der Waals surface area contributed by atoms with Gasteiger partial charge < -0.3 is 0 Å². The average molecular weight is 358 g/mol. The number of amides is 2. The van der Waals surface area contributed by atoms with Gasteiger partial charge in [-0.2, -0.15) is 0 Å². The summed E-state index contributed by atoms with van der Waals surface area (Å²) in [6.07, 6.45) is 2.52. The SMILES string of the molecule is CS(=O)(=O)c1cccc(C(=O)NNC(=O)C2(c3ccccc3)CC2)c1. The highest BCUT2D eigenvalue weighted by molar-refractivity contribution is 7.90. The van der Waals surface area contributed by atoms with Gasteiger partial charge >= 0.3 is 0 Å². The molecule has 1 aliphatic rings. The standard InChI is InChI=1S/C18H18N2O4S/c1-25(23,24)15-9-5-6-13(12-15)16(21)19-20-17(22)18(10-11-18)14-7-3-2-4-8-14/h2-9,12H,10-11H2,1H3,(H,19,21)(H,20,22). The quantitative estimate of drug-likeness (QED) is 0.812. The van der Waals surface area contributed by atoms with E-state index in [0.29, 0.717) is 0 Å². The minimum Gasteiger partial charge on any atom is -0.272 e. The van der Waals surface area contributed by atoms with Crippen LogP contribution in [0.25, 0.3) is 0 Å². The molecule has 1 fully saturated rings.